The summed E-state index contributed by atoms with van der Waals surface area (Å²) in [5, 5.41) is 0. The van der Waals surface area contributed by atoms with Crippen LogP contribution < -0.4 is 4.74 Å². The van der Waals surface area contributed by atoms with Gasteiger partial charge in [0.2, 0.25) is 5.69 Å². The first-order valence-corrected chi connectivity index (χ1v) is 5.66. The van der Waals surface area contributed by atoms with Crippen molar-refractivity contribution >= 4 is 5.97 Å². The number of benzene rings is 1. The lowest BCUT2D eigenvalue weighted by molar-refractivity contribution is -0.137. The van der Waals surface area contributed by atoms with Crippen molar-refractivity contribution < 1.29 is 27.4 Å². The number of carbonyl (C=O) groups excluding carboxylic acids is 1. The van der Waals surface area contributed by atoms with Gasteiger partial charge >= 0.3 is 12.1 Å². The van der Waals surface area contributed by atoms with Crippen LogP contribution in [-0.2, 0) is 10.9 Å². The van der Waals surface area contributed by atoms with Crippen molar-refractivity contribution in [2.45, 2.75) is 6.18 Å². The van der Waals surface area contributed by atoms with Gasteiger partial charge in [-0.15, -0.1) is 0 Å². The van der Waals surface area contributed by atoms with Gasteiger partial charge in [0.15, 0.2) is 0 Å². The average Bonchev–Trinajstić information content (AvgIpc) is 2.46. The SMILES string of the molecule is COC(=O)c1nccnc1Oc1cccc(C(F)(F)F)c1. The molecule has 5 nitrogen and oxygen atoms in total. The maximum Gasteiger partial charge on any atom is 0.416 e. The van der Waals surface area contributed by atoms with Crippen LogP contribution in [0.25, 0.3) is 0 Å². The molecule has 0 saturated carbocycles. The van der Waals surface area contributed by atoms with Crippen LogP contribution in [0, 0.1) is 0 Å². The second-order valence-corrected chi connectivity index (χ2v) is 3.83. The number of halogens is 3. The van der Waals surface area contributed by atoms with E-state index in [1.807, 2.05) is 0 Å². The normalized spacial score (nSPS) is 11.0. The molecule has 0 bridgehead atoms. The lowest BCUT2D eigenvalue weighted by Crippen LogP contribution is -2.08. The van der Waals surface area contributed by atoms with E-state index in [0.29, 0.717) is 0 Å². The van der Waals surface area contributed by atoms with E-state index in [9.17, 15) is 18.0 Å². The highest BCUT2D eigenvalue weighted by molar-refractivity contribution is 5.89. The third kappa shape index (κ3) is 3.47. The lowest BCUT2D eigenvalue weighted by Gasteiger charge is -2.10. The molecule has 21 heavy (non-hydrogen) atoms. The van der Waals surface area contributed by atoms with Crippen LogP contribution in [0.2, 0.25) is 0 Å². The molecule has 0 amide bonds. The van der Waals surface area contributed by atoms with Crippen LogP contribution in [-0.4, -0.2) is 23.0 Å². The Balaban J connectivity index is 2.33. The summed E-state index contributed by atoms with van der Waals surface area (Å²) in [5.74, 6) is -1.15. The molecule has 0 saturated heterocycles. The van der Waals surface area contributed by atoms with Gasteiger partial charge in [-0.3, -0.25) is 0 Å². The summed E-state index contributed by atoms with van der Waals surface area (Å²) in [6.45, 7) is 0. The topological polar surface area (TPSA) is 61.3 Å². The maximum absolute atomic E-state index is 12.6. The van der Waals surface area contributed by atoms with Crippen molar-refractivity contribution in [1.29, 1.82) is 0 Å². The number of aromatic nitrogens is 2. The Bertz CT molecular complexity index is 659. The highest BCUT2D eigenvalue weighted by atomic mass is 19.4. The van der Waals surface area contributed by atoms with Crippen LogP contribution in [0.15, 0.2) is 36.7 Å². The van der Waals surface area contributed by atoms with E-state index < -0.39 is 17.7 Å². The number of hydrogen-bond donors (Lipinski definition) is 0. The Hall–Kier alpha value is -2.64. The number of methoxy groups -OCH3 is 1. The van der Waals surface area contributed by atoms with Crippen molar-refractivity contribution in [3.63, 3.8) is 0 Å². The van der Waals surface area contributed by atoms with E-state index in [1.54, 1.807) is 0 Å². The molecule has 8 heteroatoms. The minimum Gasteiger partial charge on any atom is -0.464 e. The zero-order valence-corrected chi connectivity index (χ0v) is 10.7. The molecule has 2 aromatic rings. The highest BCUT2D eigenvalue weighted by Gasteiger charge is 2.30. The molecular weight excluding hydrogens is 289 g/mol. The number of esters is 1. The molecule has 110 valence electrons. The summed E-state index contributed by atoms with van der Waals surface area (Å²) in [4.78, 5) is 19.0. The van der Waals surface area contributed by atoms with E-state index in [0.717, 1.165) is 19.2 Å². The van der Waals surface area contributed by atoms with Gasteiger partial charge in [-0.05, 0) is 18.2 Å². The largest absolute Gasteiger partial charge is 0.464 e. The van der Waals surface area contributed by atoms with Crippen molar-refractivity contribution in [1.82, 2.24) is 9.97 Å². The predicted molar refractivity (Wildman–Crippen MR) is 64.9 cm³/mol. The molecule has 0 N–H and O–H groups in total. The summed E-state index contributed by atoms with van der Waals surface area (Å²) in [7, 11) is 1.14. The monoisotopic (exact) mass is 298 g/mol. The molecule has 0 aliphatic heterocycles. The smallest absolute Gasteiger partial charge is 0.416 e. The predicted octanol–water partition coefficient (Wildman–Crippen LogP) is 3.07. The number of ether oxygens (including phenoxy) is 2. The molecule has 0 unspecified atom stereocenters. The summed E-state index contributed by atoms with van der Waals surface area (Å²) in [6, 6.07) is 4.21. The summed E-state index contributed by atoms with van der Waals surface area (Å²) in [5.41, 5.74) is -1.10. The van der Waals surface area contributed by atoms with E-state index in [1.165, 1.54) is 24.5 Å². The Morgan fingerprint density at radius 1 is 1.19 bits per heavy atom. The highest BCUT2D eigenvalue weighted by Crippen LogP contribution is 2.32. The second kappa shape index (κ2) is 5.78. The molecule has 0 atom stereocenters. The van der Waals surface area contributed by atoms with Gasteiger partial charge in [0.1, 0.15) is 5.75 Å². The van der Waals surface area contributed by atoms with Crippen LogP contribution in [0.3, 0.4) is 0 Å². The van der Waals surface area contributed by atoms with Gasteiger partial charge in [-0.2, -0.15) is 13.2 Å². The minimum absolute atomic E-state index is 0.115. The first kappa shape index (κ1) is 14.8. The van der Waals surface area contributed by atoms with E-state index >= 15 is 0 Å². The van der Waals surface area contributed by atoms with E-state index in [4.69, 9.17) is 4.74 Å². The molecule has 1 aromatic carbocycles. The van der Waals surface area contributed by atoms with Crippen LogP contribution in [0.5, 0.6) is 11.6 Å². The Morgan fingerprint density at radius 3 is 2.57 bits per heavy atom. The summed E-state index contributed by atoms with van der Waals surface area (Å²) < 4.78 is 47.5. The maximum atomic E-state index is 12.6. The standard InChI is InChI=1S/C13H9F3N2O3/c1-20-12(19)10-11(18-6-5-17-10)21-9-4-2-3-8(7-9)13(14,15)16/h2-7H,1H3. The molecule has 2 rings (SSSR count). The summed E-state index contributed by atoms with van der Waals surface area (Å²) in [6.07, 6.45) is -2.01. The van der Waals surface area contributed by atoms with Crippen LogP contribution in [0.1, 0.15) is 16.1 Å². The molecule has 0 spiro atoms. The van der Waals surface area contributed by atoms with Crippen molar-refractivity contribution in [3.05, 3.63) is 47.9 Å². The third-order valence-corrected chi connectivity index (χ3v) is 2.42. The van der Waals surface area contributed by atoms with Gasteiger partial charge < -0.3 is 9.47 Å². The number of nitrogens with zero attached hydrogens (tertiary/aromatic N) is 2. The van der Waals surface area contributed by atoms with Crippen LogP contribution >= 0.6 is 0 Å². The van der Waals surface area contributed by atoms with E-state index in [2.05, 4.69) is 14.7 Å². The van der Waals surface area contributed by atoms with Crippen LogP contribution in [0.4, 0.5) is 13.2 Å². The zero-order chi connectivity index (χ0) is 15.5. The van der Waals surface area contributed by atoms with Crippen molar-refractivity contribution in [2.75, 3.05) is 7.11 Å². The Morgan fingerprint density at radius 2 is 1.90 bits per heavy atom. The molecule has 1 heterocycles. The number of rotatable bonds is 3. The zero-order valence-electron chi connectivity index (χ0n) is 10.7. The molecule has 0 aliphatic rings. The molecule has 1 aromatic heterocycles. The number of alkyl halides is 3. The average molecular weight is 298 g/mol. The van der Waals surface area contributed by atoms with Gasteiger partial charge in [0.25, 0.3) is 5.88 Å². The van der Waals surface area contributed by atoms with Gasteiger partial charge in [0.05, 0.1) is 12.7 Å². The molecule has 0 fully saturated rings. The number of carbonyl (C=O) groups is 1. The van der Waals surface area contributed by atoms with Crippen molar-refractivity contribution in [3.8, 4) is 11.6 Å². The minimum atomic E-state index is -4.49. The quantitative estimate of drug-likeness (QED) is 0.815. The Labute approximate surface area is 117 Å². The first-order chi connectivity index (χ1) is 9.91. The second-order valence-electron chi connectivity index (χ2n) is 3.83. The fraction of sp³-hybridized carbons (Fsp3) is 0.154. The Kier molecular flexibility index (Phi) is 4.06. The van der Waals surface area contributed by atoms with Crippen molar-refractivity contribution in [2.24, 2.45) is 0 Å². The fourth-order valence-electron chi connectivity index (χ4n) is 1.48. The fourth-order valence-corrected chi connectivity index (χ4v) is 1.48. The van der Waals surface area contributed by atoms with Gasteiger partial charge in [0, 0.05) is 12.4 Å². The summed E-state index contributed by atoms with van der Waals surface area (Å²) >= 11 is 0. The van der Waals surface area contributed by atoms with Gasteiger partial charge in [-0.25, -0.2) is 14.8 Å². The molecule has 0 aliphatic carbocycles. The molecular formula is C13H9F3N2O3. The lowest BCUT2D eigenvalue weighted by atomic mass is 10.2. The third-order valence-electron chi connectivity index (χ3n) is 2.42. The van der Waals surface area contributed by atoms with E-state index in [-0.39, 0.29) is 17.3 Å². The number of hydrogen-bond acceptors (Lipinski definition) is 5. The first-order valence-electron chi connectivity index (χ1n) is 5.66. The van der Waals surface area contributed by atoms with Gasteiger partial charge in [-0.1, -0.05) is 6.07 Å². The molecule has 0 radical (unpaired) electrons.